The number of hydrogen-bond donors (Lipinski definition) is 1. The zero-order chi connectivity index (χ0) is 8.55. The average Bonchev–Trinajstić information content (AvgIpc) is 2.40. The molecule has 0 bridgehead atoms. The third-order valence-corrected chi connectivity index (χ3v) is 2.02. The Balaban J connectivity index is 2.91. The first kappa shape index (κ1) is 7.52. The second kappa shape index (κ2) is 2.73. The van der Waals surface area contributed by atoms with Crippen molar-refractivity contribution in [3.63, 3.8) is 0 Å². The summed E-state index contributed by atoms with van der Waals surface area (Å²) in [5.74, 6) is 0. The molecule has 12 heavy (non-hydrogen) atoms. The fraction of sp³-hybridized carbons (Fsp3) is 0.125. The number of nitrogens with zero attached hydrogens (tertiary/aromatic N) is 1. The number of para-hydroxylation sites is 2. The first-order valence-electron chi connectivity index (χ1n) is 3.52. The second-order valence-electron chi connectivity index (χ2n) is 2.41. The van der Waals surface area contributed by atoms with Crippen LogP contribution in [0.2, 0.25) is 0 Å². The van der Waals surface area contributed by atoms with Crippen molar-refractivity contribution < 1.29 is 9.52 Å². The summed E-state index contributed by atoms with van der Waals surface area (Å²) in [5.41, 5.74) is 1.53. The van der Waals surface area contributed by atoms with E-state index >= 15 is 0 Å². The molecule has 1 aromatic carbocycles. The van der Waals surface area contributed by atoms with Crippen molar-refractivity contribution in [3.8, 4) is 0 Å². The Bertz CT molecular complexity index is 457. The molecule has 4 heteroatoms. The summed E-state index contributed by atoms with van der Waals surface area (Å²) in [5, 5.41) is 8.94. The molecule has 0 aliphatic heterocycles. The van der Waals surface area contributed by atoms with E-state index in [-0.39, 0.29) is 6.73 Å². The van der Waals surface area contributed by atoms with Crippen LogP contribution in [0.25, 0.3) is 11.1 Å². The van der Waals surface area contributed by atoms with Gasteiger partial charge in [-0.15, -0.1) is 0 Å². The third-order valence-electron chi connectivity index (χ3n) is 1.72. The average molecular weight is 181 g/mol. The third kappa shape index (κ3) is 0.964. The summed E-state index contributed by atoms with van der Waals surface area (Å²) < 4.78 is 6.74. The Hall–Kier alpha value is -1.13. The molecule has 0 aliphatic rings. The van der Waals surface area contributed by atoms with Gasteiger partial charge in [-0.1, -0.05) is 12.1 Å². The van der Waals surface area contributed by atoms with Crippen LogP contribution in [0.4, 0.5) is 0 Å². The SMILES string of the molecule is OCn1c(=S)oc2ccccc21. The van der Waals surface area contributed by atoms with Gasteiger partial charge in [-0.05, 0) is 24.4 Å². The van der Waals surface area contributed by atoms with Crippen molar-refractivity contribution in [2.24, 2.45) is 0 Å². The Morgan fingerprint density at radius 2 is 2.17 bits per heavy atom. The molecule has 0 saturated carbocycles. The van der Waals surface area contributed by atoms with Crippen LogP contribution in [0, 0.1) is 4.84 Å². The second-order valence-corrected chi connectivity index (χ2v) is 2.75. The minimum absolute atomic E-state index is 0.143. The highest BCUT2D eigenvalue weighted by Gasteiger charge is 2.02. The van der Waals surface area contributed by atoms with Crippen LogP contribution in [-0.2, 0) is 6.73 Å². The number of benzene rings is 1. The van der Waals surface area contributed by atoms with Gasteiger partial charge in [0, 0.05) is 0 Å². The summed E-state index contributed by atoms with van der Waals surface area (Å²) in [4.78, 5) is 0.304. The Morgan fingerprint density at radius 3 is 2.92 bits per heavy atom. The van der Waals surface area contributed by atoms with Gasteiger partial charge < -0.3 is 9.52 Å². The van der Waals surface area contributed by atoms with Crippen LogP contribution < -0.4 is 0 Å². The zero-order valence-electron chi connectivity index (χ0n) is 6.23. The molecule has 2 aromatic rings. The number of aliphatic hydroxyl groups excluding tert-OH is 1. The Kier molecular flexibility index (Phi) is 1.71. The number of oxazole rings is 1. The number of aromatic nitrogens is 1. The molecule has 2 rings (SSSR count). The normalized spacial score (nSPS) is 10.8. The number of aliphatic hydroxyl groups is 1. The van der Waals surface area contributed by atoms with Gasteiger partial charge in [0.25, 0.3) is 4.84 Å². The quantitative estimate of drug-likeness (QED) is 0.683. The Morgan fingerprint density at radius 1 is 1.42 bits per heavy atom. The minimum Gasteiger partial charge on any atom is -0.429 e. The smallest absolute Gasteiger partial charge is 0.271 e. The van der Waals surface area contributed by atoms with Crippen LogP contribution in [0.5, 0.6) is 0 Å². The molecule has 1 aromatic heterocycles. The summed E-state index contributed by atoms with van der Waals surface area (Å²) in [6, 6.07) is 7.41. The van der Waals surface area contributed by atoms with E-state index in [1.165, 1.54) is 4.57 Å². The zero-order valence-corrected chi connectivity index (χ0v) is 7.04. The van der Waals surface area contributed by atoms with Crippen LogP contribution in [0.15, 0.2) is 28.7 Å². The first-order chi connectivity index (χ1) is 5.83. The van der Waals surface area contributed by atoms with E-state index in [1.54, 1.807) is 0 Å². The summed E-state index contributed by atoms with van der Waals surface area (Å²) in [6.45, 7) is -0.143. The summed E-state index contributed by atoms with van der Waals surface area (Å²) in [6.07, 6.45) is 0. The lowest BCUT2D eigenvalue weighted by Crippen LogP contribution is -1.94. The number of fused-ring (bicyclic) bond motifs is 1. The van der Waals surface area contributed by atoms with Crippen molar-refractivity contribution in [3.05, 3.63) is 29.1 Å². The van der Waals surface area contributed by atoms with E-state index in [0.717, 1.165) is 5.52 Å². The molecule has 0 unspecified atom stereocenters. The maximum atomic E-state index is 8.94. The lowest BCUT2D eigenvalue weighted by atomic mass is 10.3. The van der Waals surface area contributed by atoms with Crippen molar-refractivity contribution in [1.29, 1.82) is 0 Å². The summed E-state index contributed by atoms with van der Waals surface area (Å²) in [7, 11) is 0. The van der Waals surface area contributed by atoms with E-state index in [1.807, 2.05) is 24.3 Å². The topological polar surface area (TPSA) is 38.3 Å². The first-order valence-corrected chi connectivity index (χ1v) is 3.93. The maximum Gasteiger partial charge on any atom is 0.271 e. The lowest BCUT2D eigenvalue weighted by Gasteiger charge is -1.93. The van der Waals surface area contributed by atoms with Gasteiger partial charge in [-0.25, -0.2) is 0 Å². The minimum atomic E-state index is -0.143. The predicted octanol–water partition coefficient (Wildman–Crippen LogP) is 1.91. The maximum absolute atomic E-state index is 8.94. The highest BCUT2D eigenvalue weighted by Crippen LogP contribution is 2.15. The van der Waals surface area contributed by atoms with Gasteiger partial charge in [0.15, 0.2) is 5.58 Å². The van der Waals surface area contributed by atoms with Gasteiger partial charge in [0.05, 0.1) is 5.52 Å². The molecule has 62 valence electrons. The van der Waals surface area contributed by atoms with Crippen molar-refractivity contribution in [1.82, 2.24) is 4.57 Å². The van der Waals surface area contributed by atoms with Crippen molar-refractivity contribution in [2.75, 3.05) is 0 Å². The molecular weight excluding hydrogens is 174 g/mol. The van der Waals surface area contributed by atoms with Gasteiger partial charge in [-0.3, -0.25) is 4.57 Å². The molecule has 1 heterocycles. The van der Waals surface area contributed by atoms with Gasteiger partial charge in [-0.2, -0.15) is 0 Å². The number of hydrogen-bond acceptors (Lipinski definition) is 3. The van der Waals surface area contributed by atoms with E-state index in [2.05, 4.69) is 0 Å². The van der Waals surface area contributed by atoms with Crippen LogP contribution >= 0.6 is 12.2 Å². The monoisotopic (exact) mass is 181 g/mol. The molecule has 0 saturated heterocycles. The largest absolute Gasteiger partial charge is 0.429 e. The van der Waals surface area contributed by atoms with E-state index in [0.29, 0.717) is 10.4 Å². The fourth-order valence-electron chi connectivity index (χ4n) is 1.15. The van der Waals surface area contributed by atoms with Crippen LogP contribution in [-0.4, -0.2) is 9.67 Å². The summed E-state index contributed by atoms with van der Waals surface area (Å²) >= 11 is 4.89. The molecular formula is C8H7NO2S. The van der Waals surface area contributed by atoms with Crippen LogP contribution in [0.1, 0.15) is 0 Å². The van der Waals surface area contributed by atoms with Gasteiger partial charge in [0.1, 0.15) is 6.73 Å². The van der Waals surface area contributed by atoms with Crippen molar-refractivity contribution in [2.45, 2.75) is 6.73 Å². The Labute approximate surface area is 73.9 Å². The fourth-order valence-corrected chi connectivity index (χ4v) is 1.39. The lowest BCUT2D eigenvalue weighted by molar-refractivity contribution is 0.208. The number of rotatable bonds is 1. The van der Waals surface area contributed by atoms with Crippen LogP contribution in [0.3, 0.4) is 0 Å². The molecule has 0 amide bonds. The highest BCUT2D eigenvalue weighted by atomic mass is 32.1. The molecule has 3 nitrogen and oxygen atoms in total. The van der Waals surface area contributed by atoms with Gasteiger partial charge >= 0.3 is 0 Å². The van der Waals surface area contributed by atoms with E-state index in [9.17, 15) is 0 Å². The molecule has 0 radical (unpaired) electrons. The predicted molar refractivity (Wildman–Crippen MR) is 47.3 cm³/mol. The molecule has 0 atom stereocenters. The standard InChI is InChI=1S/C8H7NO2S/c10-5-9-6-3-1-2-4-7(6)11-8(9)12/h1-4,10H,5H2. The molecule has 0 aliphatic carbocycles. The molecule has 1 N–H and O–H groups in total. The van der Waals surface area contributed by atoms with E-state index in [4.69, 9.17) is 21.7 Å². The molecule has 0 spiro atoms. The van der Waals surface area contributed by atoms with E-state index < -0.39 is 0 Å². The highest BCUT2D eigenvalue weighted by molar-refractivity contribution is 7.71. The van der Waals surface area contributed by atoms with Gasteiger partial charge in [0.2, 0.25) is 0 Å². The van der Waals surface area contributed by atoms with Crippen molar-refractivity contribution >= 4 is 23.3 Å². The molecule has 0 fully saturated rings.